The van der Waals surface area contributed by atoms with Crippen molar-refractivity contribution in [2.75, 3.05) is 31.8 Å². The van der Waals surface area contributed by atoms with Crippen molar-refractivity contribution in [1.29, 1.82) is 0 Å². The molecule has 0 heterocycles. The normalized spacial score (nSPS) is 11.8. The Morgan fingerprint density at radius 2 is 2.16 bits per heavy atom. The molecule has 1 amide bonds. The van der Waals surface area contributed by atoms with E-state index in [0.29, 0.717) is 18.0 Å². The van der Waals surface area contributed by atoms with Gasteiger partial charge in [0.05, 0.1) is 12.3 Å². The number of amides is 1. The van der Waals surface area contributed by atoms with Crippen LogP contribution in [0.1, 0.15) is 20.3 Å². The molecule has 106 valence electrons. The molecular formula is C14H23N3O2. The zero-order valence-corrected chi connectivity index (χ0v) is 12.1. The summed E-state index contributed by atoms with van der Waals surface area (Å²) in [4.78, 5) is 13.3. The largest absolute Gasteiger partial charge is 0.491 e. The number of likely N-dealkylation sites (N-methyl/N-ethyl adjacent to an activating group) is 1. The van der Waals surface area contributed by atoms with Gasteiger partial charge in [0.2, 0.25) is 5.91 Å². The lowest BCUT2D eigenvalue weighted by Crippen LogP contribution is -2.36. The van der Waals surface area contributed by atoms with E-state index in [9.17, 15) is 4.79 Å². The first kappa shape index (κ1) is 15.1. The molecule has 0 aliphatic rings. The van der Waals surface area contributed by atoms with Gasteiger partial charge in [-0.2, -0.15) is 0 Å². The summed E-state index contributed by atoms with van der Waals surface area (Å²) in [6.07, 6.45) is 0.923. The quantitative estimate of drug-likeness (QED) is 0.771. The fourth-order valence-electron chi connectivity index (χ4n) is 1.66. The van der Waals surface area contributed by atoms with Crippen LogP contribution in [0.15, 0.2) is 18.2 Å². The standard InChI is InChI=1S/C14H23N3O2/c1-5-8-19-13-9-11(6-7-12(13)15)16-10(2)14(18)17(3)4/h6-7,9-10,16H,5,8,15H2,1-4H3. The average Bonchev–Trinajstić information content (AvgIpc) is 2.38. The van der Waals surface area contributed by atoms with E-state index >= 15 is 0 Å². The summed E-state index contributed by atoms with van der Waals surface area (Å²) in [5.74, 6) is 0.671. The lowest BCUT2D eigenvalue weighted by molar-refractivity contribution is -0.129. The predicted molar refractivity (Wildman–Crippen MR) is 78.4 cm³/mol. The van der Waals surface area contributed by atoms with Crippen LogP contribution in [0.4, 0.5) is 11.4 Å². The highest BCUT2D eigenvalue weighted by Crippen LogP contribution is 2.26. The fourth-order valence-corrected chi connectivity index (χ4v) is 1.66. The molecular weight excluding hydrogens is 242 g/mol. The van der Waals surface area contributed by atoms with Crippen LogP contribution in [0, 0.1) is 0 Å². The number of carbonyl (C=O) groups excluding carboxylic acids is 1. The van der Waals surface area contributed by atoms with Gasteiger partial charge in [-0.3, -0.25) is 4.79 Å². The lowest BCUT2D eigenvalue weighted by Gasteiger charge is -2.19. The summed E-state index contributed by atoms with van der Waals surface area (Å²) in [6.45, 7) is 4.49. The summed E-state index contributed by atoms with van der Waals surface area (Å²) >= 11 is 0. The number of ether oxygens (including phenoxy) is 1. The third kappa shape index (κ3) is 4.35. The Labute approximate surface area is 114 Å². The first-order valence-electron chi connectivity index (χ1n) is 6.45. The summed E-state index contributed by atoms with van der Waals surface area (Å²) < 4.78 is 5.56. The van der Waals surface area contributed by atoms with Crippen molar-refractivity contribution >= 4 is 17.3 Å². The number of nitrogen functional groups attached to an aromatic ring is 1. The zero-order valence-electron chi connectivity index (χ0n) is 12.1. The van der Waals surface area contributed by atoms with Crippen LogP contribution in [-0.4, -0.2) is 37.6 Å². The first-order chi connectivity index (χ1) is 8.95. The second kappa shape index (κ2) is 6.87. The van der Waals surface area contributed by atoms with E-state index < -0.39 is 0 Å². The maximum Gasteiger partial charge on any atom is 0.244 e. The molecule has 0 saturated heterocycles. The van der Waals surface area contributed by atoms with Crippen molar-refractivity contribution in [3.05, 3.63) is 18.2 Å². The van der Waals surface area contributed by atoms with Gasteiger partial charge in [0, 0.05) is 25.8 Å². The van der Waals surface area contributed by atoms with Gasteiger partial charge in [-0.05, 0) is 25.5 Å². The first-order valence-corrected chi connectivity index (χ1v) is 6.45. The number of benzene rings is 1. The van der Waals surface area contributed by atoms with Gasteiger partial charge in [0.15, 0.2) is 0 Å². The second-order valence-corrected chi connectivity index (χ2v) is 4.70. The van der Waals surface area contributed by atoms with Crippen molar-refractivity contribution in [2.24, 2.45) is 0 Å². The molecule has 3 N–H and O–H groups in total. The molecule has 0 aliphatic carbocycles. The number of nitrogens with zero attached hydrogens (tertiary/aromatic N) is 1. The van der Waals surface area contributed by atoms with Crippen LogP contribution >= 0.6 is 0 Å². The van der Waals surface area contributed by atoms with Crippen LogP contribution in [0.2, 0.25) is 0 Å². The highest BCUT2D eigenvalue weighted by molar-refractivity contribution is 5.84. The molecule has 1 unspecified atom stereocenters. The number of nitrogens with two attached hydrogens (primary N) is 1. The summed E-state index contributed by atoms with van der Waals surface area (Å²) in [5.41, 5.74) is 7.27. The molecule has 0 aromatic heterocycles. The fraction of sp³-hybridized carbons (Fsp3) is 0.500. The number of hydrogen-bond donors (Lipinski definition) is 2. The highest BCUT2D eigenvalue weighted by Gasteiger charge is 2.14. The number of hydrogen-bond acceptors (Lipinski definition) is 4. The van der Waals surface area contributed by atoms with Crippen molar-refractivity contribution in [2.45, 2.75) is 26.3 Å². The maximum atomic E-state index is 11.8. The molecule has 5 heteroatoms. The predicted octanol–water partition coefficient (Wildman–Crippen LogP) is 1.95. The lowest BCUT2D eigenvalue weighted by atomic mass is 10.2. The summed E-state index contributed by atoms with van der Waals surface area (Å²) in [7, 11) is 3.47. The maximum absolute atomic E-state index is 11.8. The minimum absolute atomic E-state index is 0.0212. The van der Waals surface area contributed by atoms with Crippen LogP contribution in [-0.2, 0) is 4.79 Å². The number of nitrogens with one attached hydrogen (secondary N) is 1. The molecule has 0 bridgehead atoms. The van der Waals surface area contributed by atoms with E-state index in [4.69, 9.17) is 10.5 Å². The minimum atomic E-state index is -0.294. The molecule has 1 aromatic carbocycles. The number of anilines is 2. The van der Waals surface area contributed by atoms with E-state index in [0.717, 1.165) is 12.1 Å². The zero-order chi connectivity index (χ0) is 14.4. The van der Waals surface area contributed by atoms with Crippen LogP contribution in [0.5, 0.6) is 5.75 Å². The van der Waals surface area contributed by atoms with Crippen LogP contribution in [0.25, 0.3) is 0 Å². The van der Waals surface area contributed by atoms with E-state index in [1.807, 2.05) is 26.0 Å². The smallest absolute Gasteiger partial charge is 0.244 e. The van der Waals surface area contributed by atoms with Crippen molar-refractivity contribution in [3.8, 4) is 5.75 Å². The number of carbonyl (C=O) groups is 1. The molecule has 0 aliphatic heterocycles. The van der Waals surface area contributed by atoms with E-state index in [2.05, 4.69) is 5.32 Å². The average molecular weight is 265 g/mol. The molecule has 19 heavy (non-hydrogen) atoms. The third-order valence-electron chi connectivity index (χ3n) is 2.67. The second-order valence-electron chi connectivity index (χ2n) is 4.70. The van der Waals surface area contributed by atoms with Gasteiger partial charge in [-0.1, -0.05) is 6.92 Å². The molecule has 5 nitrogen and oxygen atoms in total. The Morgan fingerprint density at radius 1 is 1.47 bits per heavy atom. The van der Waals surface area contributed by atoms with Gasteiger partial charge < -0.3 is 20.7 Å². The van der Waals surface area contributed by atoms with Crippen molar-refractivity contribution in [1.82, 2.24) is 4.90 Å². The van der Waals surface area contributed by atoms with Gasteiger partial charge >= 0.3 is 0 Å². The van der Waals surface area contributed by atoms with Crippen LogP contribution < -0.4 is 15.8 Å². The Hall–Kier alpha value is -1.91. The molecule has 0 saturated carbocycles. The highest BCUT2D eigenvalue weighted by atomic mass is 16.5. The van der Waals surface area contributed by atoms with E-state index in [1.165, 1.54) is 0 Å². The monoisotopic (exact) mass is 265 g/mol. The topological polar surface area (TPSA) is 67.6 Å². The third-order valence-corrected chi connectivity index (χ3v) is 2.67. The van der Waals surface area contributed by atoms with Gasteiger partial charge in [0.1, 0.15) is 11.8 Å². The van der Waals surface area contributed by atoms with Gasteiger partial charge in [0.25, 0.3) is 0 Å². The minimum Gasteiger partial charge on any atom is -0.491 e. The molecule has 1 atom stereocenters. The Morgan fingerprint density at radius 3 is 2.74 bits per heavy atom. The Balaban J connectivity index is 2.76. The van der Waals surface area contributed by atoms with Crippen molar-refractivity contribution < 1.29 is 9.53 Å². The summed E-state index contributed by atoms with van der Waals surface area (Å²) in [6, 6.07) is 5.15. The molecule has 0 fully saturated rings. The molecule has 1 rings (SSSR count). The van der Waals surface area contributed by atoms with Crippen molar-refractivity contribution in [3.63, 3.8) is 0 Å². The van der Waals surface area contributed by atoms with Gasteiger partial charge in [-0.15, -0.1) is 0 Å². The Bertz CT molecular complexity index is 433. The molecule has 1 aromatic rings. The molecule has 0 radical (unpaired) electrons. The van der Waals surface area contributed by atoms with Crippen LogP contribution in [0.3, 0.4) is 0 Å². The SMILES string of the molecule is CCCOc1cc(NC(C)C(=O)N(C)C)ccc1N. The molecule has 0 spiro atoms. The van der Waals surface area contributed by atoms with E-state index in [1.54, 1.807) is 25.1 Å². The van der Waals surface area contributed by atoms with E-state index in [-0.39, 0.29) is 11.9 Å². The summed E-state index contributed by atoms with van der Waals surface area (Å²) in [5, 5.41) is 3.14. The Kier molecular flexibility index (Phi) is 5.48. The number of rotatable bonds is 6. The van der Waals surface area contributed by atoms with Gasteiger partial charge in [-0.25, -0.2) is 0 Å².